The third-order valence-corrected chi connectivity index (χ3v) is 6.46. The number of hydrogen-bond donors (Lipinski definition) is 3. The topological polar surface area (TPSA) is 156 Å². The van der Waals surface area contributed by atoms with E-state index in [2.05, 4.69) is 37.3 Å². The van der Waals surface area contributed by atoms with E-state index in [0.29, 0.717) is 51.0 Å². The summed E-state index contributed by atoms with van der Waals surface area (Å²) < 4.78 is 6.39. The number of nitro benzene ring substituents is 1. The number of furan rings is 1. The smallest absolute Gasteiger partial charge is 0.305 e. The zero-order chi connectivity index (χ0) is 26.5. The number of hydrazine groups is 1. The van der Waals surface area contributed by atoms with Gasteiger partial charge in [-0.2, -0.15) is 5.10 Å². The first-order valence-electron chi connectivity index (χ1n) is 11.3. The summed E-state index contributed by atoms with van der Waals surface area (Å²) in [6, 6.07) is 12.5. The Labute approximate surface area is 219 Å². The van der Waals surface area contributed by atoms with Crippen LogP contribution in [0.2, 0.25) is 0 Å². The van der Waals surface area contributed by atoms with Gasteiger partial charge in [0.1, 0.15) is 5.76 Å². The van der Waals surface area contributed by atoms with Gasteiger partial charge in [0.2, 0.25) is 5.91 Å². The second kappa shape index (κ2) is 11.2. The molecule has 0 saturated carbocycles. The first-order valence-corrected chi connectivity index (χ1v) is 12.1. The van der Waals surface area contributed by atoms with Crippen molar-refractivity contribution in [2.24, 2.45) is 5.10 Å². The monoisotopic (exact) mass is 567 g/mol. The number of nitro groups is 1. The molecule has 1 aliphatic carbocycles. The van der Waals surface area contributed by atoms with Crippen LogP contribution >= 0.6 is 15.9 Å². The summed E-state index contributed by atoms with van der Waals surface area (Å²) in [5.41, 5.74) is 9.96. The van der Waals surface area contributed by atoms with E-state index >= 15 is 0 Å². The highest BCUT2D eigenvalue weighted by Crippen LogP contribution is 2.30. The number of nitrogens with zero attached hydrogens (tertiary/aromatic N) is 2. The molecule has 3 aromatic rings. The van der Waals surface area contributed by atoms with Gasteiger partial charge in [-0.25, -0.2) is 5.43 Å². The Balaban J connectivity index is 1.42. The highest BCUT2D eigenvalue weighted by molar-refractivity contribution is 9.10. The van der Waals surface area contributed by atoms with Gasteiger partial charge in [-0.15, -0.1) is 0 Å². The van der Waals surface area contributed by atoms with E-state index in [1.54, 1.807) is 31.2 Å². The van der Waals surface area contributed by atoms with Crippen LogP contribution in [0.1, 0.15) is 56.2 Å². The molecule has 0 saturated heterocycles. The van der Waals surface area contributed by atoms with Crippen LogP contribution in [0.15, 0.2) is 62.5 Å². The second-order valence-corrected chi connectivity index (χ2v) is 9.14. The minimum absolute atomic E-state index is 0.00309. The normalized spacial score (nSPS) is 13.5. The highest BCUT2D eigenvalue weighted by atomic mass is 79.9. The molecular weight excluding hydrogens is 546 g/mol. The molecule has 37 heavy (non-hydrogen) atoms. The summed E-state index contributed by atoms with van der Waals surface area (Å²) in [5.74, 6) is -0.873. The van der Waals surface area contributed by atoms with Gasteiger partial charge in [0.15, 0.2) is 5.76 Å². The number of benzene rings is 2. The number of hydrogen-bond acceptors (Lipinski definition) is 7. The highest BCUT2D eigenvalue weighted by Gasteiger charge is 2.28. The molecule has 0 spiro atoms. The van der Waals surface area contributed by atoms with E-state index in [0.717, 1.165) is 6.42 Å². The number of halogens is 1. The molecule has 3 N–H and O–H groups in total. The minimum Gasteiger partial charge on any atom is -0.455 e. The van der Waals surface area contributed by atoms with Crippen LogP contribution in [0.3, 0.4) is 0 Å². The molecule has 0 bridgehead atoms. The second-order valence-electron chi connectivity index (χ2n) is 8.29. The number of rotatable bonds is 6. The van der Waals surface area contributed by atoms with Crippen molar-refractivity contribution in [1.82, 2.24) is 16.3 Å². The molecule has 1 aliphatic rings. The Morgan fingerprint density at radius 3 is 2.46 bits per heavy atom. The summed E-state index contributed by atoms with van der Waals surface area (Å²) in [7, 11) is 0. The molecule has 0 aliphatic heterocycles. The number of fused-ring (bicyclic) bond motifs is 1. The van der Waals surface area contributed by atoms with Gasteiger partial charge in [0, 0.05) is 34.2 Å². The van der Waals surface area contributed by atoms with Crippen LogP contribution < -0.4 is 16.3 Å². The van der Waals surface area contributed by atoms with Crippen molar-refractivity contribution < 1.29 is 23.7 Å². The lowest BCUT2D eigenvalue weighted by Crippen LogP contribution is -2.41. The Hall–Kier alpha value is -4.32. The number of aryl methyl sites for hydroxylation is 1. The number of carbonyl (C=O) groups is 3. The van der Waals surface area contributed by atoms with Crippen molar-refractivity contribution in [2.75, 3.05) is 0 Å². The Bertz CT molecular complexity index is 1410. The van der Waals surface area contributed by atoms with Crippen molar-refractivity contribution in [3.05, 3.63) is 96.9 Å². The summed E-state index contributed by atoms with van der Waals surface area (Å²) in [6.45, 7) is 1.71. The fraction of sp³-hybridized carbons (Fsp3) is 0.200. The molecule has 0 fully saturated rings. The van der Waals surface area contributed by atoms with E-state index < -0.39 is 16.7 Å². The van der Waals surface area contributed by atoms with Gasteiger partial charge in [-0.1, -0.05) is 24.3 Å². The van der Waals surface area contributed by atoms with Crippen molar-refractivity contribution in [1.29, 1.82) is 0 Å². The van der Waals surface area contributed by atoms with E-state index in [9.17, 15) is 24.5 Å². The fourth-order valence-corrected chi connectivity index (χ4v) is 4.43. The SMILES string of the molecule is Cc1c(C(=O)NNC(=O)c2ccccc2Br)oc2c1/C(=N/NC(=O)Cc1ccc([N+](=O)[O-])cc1)CCC2. The van der Waals surface area contributed by atoms with Crippen molar-refractivity contribution in [3.63, 3.8) is 0 Å². The molecule has 2 aromatic carbocycles. The zero-order valence-electron chi connectivity index (χ0n) is 19.7. The first kappa shape index (κ1) is 25.8. The van der Waals surface area contributed by atoms with Crippen LogP contribution in [-0.2, 0) is 17.6 Å². The number of carbonyl (C=O) groups excluding carboxylic acids is 3. The third-order valence-electron chi connectivity index (χ3n) is 5.77. The van der Waals surface area contributed by atoms with Gasteiger partial charge in [0.25, 0.3) is 11.6 Å². The minimum atomic E-state index is -0.617. The van der Waals surface area contributed by atoms with Crippen LogP contribution in [0.25, 0.3) is 0 Å². The standard InChI is InChI=1S/C25H22BrN5O6/c1-14-22-19(27-28-21(32)13-15-9-11-16(12-10-15)31(35)36)7-4-8-20(22)37-23(14)25(34)30-29-24(33)17-5-2-3-6-18(17)26/h2-3,5-6,9-12H,4,7-8,13H2,1H3,(H,28,32)(H,29,33)(H,30,34)/b27-19+. The van der Waals surface area contributed by atoms with Crippen molar-refractivity contribution >= 4 is 45.1 Å². The molecule has 0 radical (unpaired) electrons. The predicted molar refractivity (Wildman–Crippen MR) is 137 cm³/mol. The molecule has 0 atom stereocenters. The molecule has 0 unspecified atom stereocenters. The fourth-order valence-electron chi connectivity index (χ4n) is 3.97. The average Bonchev–Trinajstić information content (AvgIpc) is 3.23. The predicted octanol–water partition coefficient (Wildman–Crippen LogP) is 3.73. The van der Waals surface area contributed by atoms with Gasteiger partial charge in [0.05, 0.1) is 22.6 Å². The van der Waals surface area contributed by atoms with E-state index in [1.807, 2.05) is 0 Å². The van der Waals surface area contributed by atoms with E-state index in [1.165, 1.54) is 24.3 Å². The molecule has 12 heteroatoms. The molecule has 1 heterocycles. The number of non-ortho nitro benzene ring substituents is 1. The maximum Gasteiger partial charge on any atom is 0.305 e. The van der Waals surface area contributed by atoms with Crippen LogP contribution in [0, 0.1) is 17.0 Å². The van der Waals surface area contributed by atoms with E-state index in [4.69, 9.17) is 4.42 Å². The maximum atomic E-state index is 12.8. The van der Waals surface area contributed by atoms with Gasteiger partial charge in [-0.05, 0) is 53.4 Å². The number of nitrogens with one attached hydrogen (secondary N) is 3. The summed E-state index contributed by atoms with van der Waals surface area (Å²) >= 11 is 3.30. The molecule has 11 nitrogen and oxygen atoms in total. The maximum absolute atomic E-state index is 12.8. The summed E-state index contributed by atoms with van der Waals surface area (Å²) in [5, 5.41) is 15.0. The van der Waals surface area contributed by atoms with Crippen LogP contribution in [0.4, 0.5) is 5.69 Å². The van der Waals surface area contributed by atoms with Gasteiger partial charge >= 0.3 is 5.91 Å². The van der Waals surface area contributed by atoms with Crippen molar-refractivity contribution in [3.8, 4) is 0 Å². The summed E-state index contributed by atoms with van der Waals surface area (Å²) in [4.78, 5) is 47.8. The zero-order valence-corrected chi connectivity index (χ0v) is 21.3. The Morgan fingerprint density at radius 1 is 1.05 bits per heavy atom. The first-order chi connectivity index (χ1) is 17.7. The largest absolute Gasteiger partial charge is 0.455 e. The van der Waals surface area contributed by atoms with Crippen LogP contribution in [-0.4, -0.2) is 28.4 Å². The lowest BCUT2D eigenvalue weighted by atomic mass is 9.93. The van der Waals surface area contributed by atoms with Gasteiger partial charge < -0.3 is 4.42 Å². The Morgan fingerprint density at radius 2 is 1.76 bits per heavy atom. The average molecular weight is 568 g/mol. The number of amides is 3. The summed E-state index contributed by atoms with van der Waals surface area (Å²) in [6.07, 6.45) is 1.89. The molecular formula is C25H22BrN5O6. The van der Waals surface area contributed by atoms with E-state index in [-0.39, 0.29) is 23.8 Å². The molecule has 3 amide bonds. The lowest BCUT2D eigenvalue weighted by Gasteiger charge is -2.13. The quantitative estimate of drug-likeness (QED) is 0.304. The van der Waals surface area contributed by atoms with Crippen LogP contribution in [0.5, 0.6) is 0 Å². The molecule has 190 valence electrons. The Kier molecular flexibility index (Phi) is 7.77. The lowest BCUT2D eigenvalue weighted by molar-refractivity contribution is -0.384. The third kappa shape index (κ3) is 5.92. The molecule has 1 aromatic heterocycles. The number of hydrazone groups is 1. The van der Waals surface area contributed by atoms with Crippen molar-refractivity contribution in [2.45, 2.75) is 32.6 Å². The molecule has 4 rings (SSSR count). The van der Waals surface area contributed by atoms with Gasteiger partial charge in [-0.3, -0.25) is 35.3 Å².